The molecule has 0 saturated heterocycles. The molecule has 0 aliphatic heterocycles. The predicted molar refractivity (Wildman–Crippen MR) is 91.1 cm³/mol. The zero-order chi connectivity index (χ0) is 16.8. The van der Waals surface area contributed by atoms with E-state index in [4.69, 9.17) is 11.6 Å². The first-order chi connectivity index (χ1) is 11.0. The van der Waals surface area contributed by atoms with Crippen LogP contribution in [0.25, 0.3) is 0 Å². The molecule has 0 aromatic heterocycles. The predicted octanol–water partition coefficient (Wildman–Crippen LogP) is 4.21. The van der Waals surface area contributed by atoms with Crippen LogP contribution in [0.15, 0.2) is 42.5 Å². The minimum atomic E-state index is -0.346. The fourth-order valence-corrected chi connectivity index (χ4v) is 2.29. The standard InChI is InChI=1S/C18H18ClNO3/c1-2-12-3-5-13(6-4-12)16(21)9-10-18(23)20-15-11-14(19)7-8-17(15)22/h3-8,11,22H,2,9-10H2,1H3,(H,20,23). The zero-order valence-electron chi connectivity index (χ0n) is 12.8. The molecule has 120 valence electrons. The Kier molecular flexibility index (Phi) is 5.77. The summed E-state index contributed by atoms with van der Waals surface area (Å²) in [7, 11) is 0. The molecule has 0 unspecified atom stereocenters. The number of carbonyl (C=O) groups is 2. The number of rotatable bonds is 6. The summed E-state index contributed by atoms with van der Waals surface area (Å²) in [5.74, 6) is -0.497. The van der Waals surface area contributed by atoms with E-state index in [1.54, 1.807) is 12.1 Å². The topological polar surface area (TPSA) is 66.4 Å². The van der Waals surface area contributed by atoms with Crippen molar-refractivity contribution in [2.75, 3.05) is 5.32 Å². The highest BCUT2D eigenvalue weighted by molar-refractivity contribution is 6.31. The maximum Gasteiger partial charge on any atom is 0.224 e. The van der Waals surface area contributed by atoms with Gasteiger partial charge in [0, 0.05) is 23.4 Å². The van der Waals surface area contributed by atoms with E-state index in [1.807, 2.05) is 19.1 Å². The molecule has 0 aliphatic rings. The fraction of sp³-hybridized carbons (Fsp3) is 0.222. The first-order valence-electron chi connectivity index (χ1n) is 7.40. The van der Waals surface area contributed by atoms with Gasteiger partial charge in [-0.05, 0) is 30.2 Å². The van der Waals surface area contributed by atoms with Gasteiger partial charge in [-0.25, -0.2) is 0 Å². The van der Waals surface area contributed by atoms with Crippen molar-refractivity contribution < 1.29 is 14.7 Å². The second kappa shape index (κ2) is 7.79. The summed E-state index contributed by atoms with van der Waals surface area (Å²) in [4.78, 5) is 24.0. The molecular formula is C18H18ClNO3. The summed E-state index contributed by atoms with van der Waals surface area (Å²) in [5.41, 5.74) is 2.00. The molecule has 1 amide bonds. The summed E-state index contributed by atoms with van der Waals surface area (Å²) >= 11 is 5.82. The van der Waals surface area contributed by atoms with E-state index in [2.05, 4.69) is 5.32 Å². The molecular weight excluding hydrogens is 314 g/mol. The largest absolute Gasteiger partial charge is 0.506 e. The molecule has 0 fully saturated rings. The van der Waals surface area contributed by atoms with Gasteiger partial charge in [-0.3, -0.25) is 9.59 Å². The zero-order valence-corrected chi connectivity index (χ0v) is 13.6. The number of halogens is 1. The van der Waals surface area contributed by atoms with Gasteiger partial charge in [0.2, 0.25) is 5.91 Å². The lowest BCUT2D eigenvalue weighted by Gasteiger charge is -2.07. The highest BCUT2D eigenvalue weighted by Gasteiger charge is 2.11. The van der Waals surface area contributed by atoms with Crippen LogP contribution < -0.4 is 5.32 Å². The number of amides is 1. The molecule has 23 heavy (non-hydrogen) atoms. The van der Waals surface area contributed by atoms with Gasteiger partial charge in [0.1, 0.15) is 5.75 Å². The smallest absolute Gasteiger partial charge is 0.224 e. The van der Waals surface area contributed by atoms with Crippen molar-refractivity contribution in [3.8, 4) is 5.75 Å². The molecule has 2 aromatic rings. The number of aromatic hydroxyl groups is 1. The van der Waals surface area contributed by atoms with Gasteiger partial charge in [0.25, 0.3) is 0 Å². The average molecular weight is 332 g/mol. The van der Waals surface area contributed by atoms with E-state index in [1.165, 1.54) is 18.2 Å². The van der Waals surface area contributed by atoms with Crippen LogP contribution in [-0.4, -0.2) is 16.8 Å². The molecule has 0 spiro atoms. The Morgan fingerprint density at radius 3 is 2.43 bits per heavy atom. The van der Waals surface area contributed by atoms with Gasteiger partial charge in [0.05, 0.1) is 5.69 Å². The highest BCUT2D eigenvalue weighted by atomic mass is 35.5. The van der Waals surface area contributed by atoms with Gasteiger partial charge >= 0.3 is 0 Å². The van der Waals surface area contributed by atoms with Crippen molar-refractivity contribution in [3.63, 3.8) is 0 Å². The van der Waals surface area contributed by atoms with Gasteiger partial charge in [-0.2, -0.15) is 0 Å². The molecule has 5 heteroatoms. The summed E-state index contributed by atoms with van der Waals surface area (Å²) in [6.07, 6.45) is 1.07. The second-order valence-corrected chi connectivity index (χ2v) is 5.62. The number of carbonyl (C=O) groups excluding carboxylic acids is 2. The van der Waals surface area contributed by atoms with Gasteiger partial charge < -0.3 is 10.4 Å². The van der Waals surface area contributed by atoms with E-state index in [0.717, 1.165) is 12.0 Å². The fourth-order valence-electron chi connectivity index (χ4n) is 2.12. The first-order valence-corrected chi connectivity index (χ1v) is 7.78. The quantitative estimate of drug-likeness (QED) is 0.615. The Bertz CT molecular complexity index is 711. The molecule has 2 rings (SSSR count). The lowest BCUT2D eigenvalue weighted by atomic mass is 10.0. The van der Waals surface area contributed by atoms with Crippen molar-refractivity contribution in [2.24, 2.45) is 0 Å². The van der Waals surface area contributed by atoms with Crippen molar-refractivity contribution in [1.29, 1.82) is 0 Å². The maximum atomic E-state index is 12.1. The van der Waals surface area contributed by atoms with Crippen molar-refractivity contribution in [1.82, 2.24) is 0 Å². The van der Waals surface area contributed by atoms with Crippen molar-refractivity contribution in [3.05, 3.63) is 58.6 Å². The Morgan fingerprint density at radius 1 is 1.09 bits per heavy atom. The molecule has 4 nitrogen and oxygen atoms in total. The first kappa shape index (κ1) is 17.0. The van der Waals surface area contributed by atoms with Crippen LogP contribution in [0.1, 0.15) is 35.7 Å². The van der Waals surface area contributed by atoms with Crippen LogP contribution in [-0.2, 0) is 11.2 Å². The Hall–Kier alpha value is -2.33. The van der Waals surface area contributed by atoms with Crippen molar-refractivity contribution in [2.45, 2.75) is 26.2 Å². The van der Waals surface area contributed by atoms with Crippen LogP contribution in [0.3, 0.4) is 0 Å². The Labute approximate surface area is 140 Å². The number of Topliss-reactive ketones (excluding diaryl/α,β-unsaturated/α-hetero) is 1. The van der Waals surface area contributed by atoms with Crippen LogP contribution in [0.2, 0.25) is 5.02 Å². The molecule has 2 aromatic carbocycles. The molecule has 0 aliphatic carbocycles. The summed E-state index contributed by atoms with van der Waals surface area (Å²) in [5, 5.41) is 12.6. The number of aryl methyl sites for hydroxylation is 1. The lowest BCUT2D eigenvalue weighted by molar-refractivity contribution is -0.116. The molecule has 0 saturated carbocycles. The maximum absolute atomic E-state index is 12.1. The Morgan fingerprint density at radius 2 is 1.78 bits per heavy atom. The van der Waals surface area contributed by atoms with Crippen LogP contribution >= 0.6 is 11.6 Å². The monoisotopic (exact) mass is 331 g/mol. The third kappa shape index (κ3) is 4.83. The van der Waals surface area contributed by atoms with Gasteiger partial charge in [-0.15, -0.1) is 0 Å². The summed E-state index contributed by atoms with van der Waals surface area (Å²) in [6, 6.07) is 11.8. The SMILES string of the molecule is CCc1ccc(C(=O)CCC(=O)Nc2cc(Cl)ccc2O)cc1. The normalized spacial score (nSPS) is 10.3. The van der Waals surface area contributed by atoms with Gasteiger partial charge in [-0.1, -0.05) is 42.8 Å². The number of hydrogen-bond donors (Lipinski definition) is 2. The minimum absolute atomic E-state index is 0.0420. The second-order valence-electron chi connectivity index (χ2n) is 5.18. The van der Waals surface area contributed by atoms with E-state index in [-0.39, 0.29) is 36.0 Å². The van der Waals surface area contributed by atoms with Gasteiger partial charge in [0.15, 0.2) is 5.78 Å². The van der Waals surface area contributed by atoms with E-state index < -0.39 is 0 Å². The van der Waals surface area contributed by atoms with E-state index >= 15 is 0 Å². The van der Waals surface area contributed by atoms with Crippen LogP contribution in [0.4, 0.5) is 5.69 Å². The molecule has 0 atom stereocenters. The average Bonchev–Trinajstić information content (AvgIpc) is 2.56. The number of phenols is 1. The van der Waals surface area contributed by atoms with E-state index in [9.17, 15) is 14.7 Å². The molecule has 2 N–H and O–H groups in total. The number of benzene rings is 2. The van der Waals surface area contributed by atoms with Crippen LogP contribution in [0, 0.1) is 0 Å². The highest BCUT2D eigenvalue weighted by Crippen LogP contribution is 2.26. The molecule has 0 radical (unpaired) electrons. The number of nitrogens with one attached hydrogen (secondary N) is 1. The number of anilines is 1. The third-order valence-electron chi connectivity index (χ3n) is 3.50. The number of phenolic OH excluding ortho intramolecular Hbond substituents is 1. The van der Waals surface area contributed by atoms with Crippen LogP contribution in [0.5, 0.6) is 5.75 Å². The number of ketones is 1. The lowest BCUT2D eigenvalue weighted by Crippen LogP contribution is -2.13. The summed E-state index contributed by atoms with van der Waals surface area (Å²) in [6.45, 7) is 2.05. The molecule has 0 heterocycles. The van der Waals surface area contributed by atoms with E-state index in [0.29, 0.717) is 10.6 Å². The molecule has 0 bridgehead atoms. The third-order valence-corrected chi connectivity index (χ3v) is 3.73. The Balaban J connectivity index is 1.90. The minimum Gasteiger partial charge on any atom is -0.506 e. The van der Waals surface area contributed by atoms with Crippen molar-refractivity contribution >= 4 is 29.0 Å². The summed E-state index contributed by atoms with van der Waals surface area (Å²) < 4.78 is 0. The number of hydrogen-bond acceptors (Lipinski definition) is 3.